The number of nitrogens with one attached hydrogen (secondary N) is 1. The molecule has 1 saturated heterocycles. The van der Waals surface area contributed by atoms with E-state index in [1.54, 1.807) is 0 Å². The highest BCUT2D eigenvalue weighted by Crippen LogP contribution is 2.19. The molecule has 1 aliphatic rings. The van der Waals surface area contributed by atoms with Crippen LogP contribution < -0.4 is 5.32 Å². The van der Waals surface area contributed by atoms with Gasteiger partial charge in [0.15, 0.2) is 0 Å². The van der Waals surface area contributed by atoms with Crippen LogP contribution in [0.25, 0.3) is 5.69 Å². The molecule has 1 N–H and O–H groups in total. The SMILES string of the molecule is CNCC1CCN(Cc2nccn2-c2ccccc2)C1.Cl. The average molecular weight is 307 g/mol. The number of aromatic nitrogens is 2. The number of nitrogens with zero attached hydrogens (tertiary/aromatic N) is 3. The van der Waals surface area contributed by atoms with Crippen molar-refractivity contribution < 1.29 is 0 Å². The average Bonchev–Trinajstić information content (AvgIpc) is 3.10. The maximum Gasteiger partial charge on any atom is 0.127 e. The van der Waals surface area contributed by atoms with Crippen molar-refractivity contribution in [3.05, 3.63) is 48.5 Å². The Morgan fingerprint density at radius 2 is 2.10 bits per heavy atom. The zero-order chi connectivity index (χ0) is 13.8. The molecule has 1 unspecified atom stereocenters. The van der Waals surface area contributed by atoms with Crippen LogP contribution in [0, 0.1) is 5.92 Å². The second-order valence-corrected chi connectivity index (χ2v) is 5.50. The number of hydrogen-bond acceptors (Lipinski definition) is 3. The van der Waals surface area contributed by atoms with Crippen LogP contribution in [0.2, 0.25) is 0 Å². The minimum absolute atomic E-state index is 0. The molecule has 0 spiro atoms. The van der Waals surface area contributed by atoms with Gasteiger partial charge in [0, 0.05) is 24.6 Å². The summed E-state index contributed by atoms with van der Waals surface area (Å²) in [6.45, 7) is 4.39. The fraction of sp³-hybridized carbons (Fsp3) is 0.438. The van der Waals surface area contributed by atoms with Crippen molar-refractivity contribution in [2.24, 2.45) is 5.92 Å². The molecule has 0 saturated carbocycles. The van der Waals surface area contributed by atoms with Crippen molar-refractivity contribution in [2.45, 2.75) is 13.0 Å². The number of para-hydroxylation sites is 1. The van der Waals surface area contributed by atoms with Crippen LogP contribution in [0.1, 0.15) is 12.2 Å². The molecule has 1 aromatic carbocycles. The van der Waals surface area contributed by atoms with Crippen molar-refractivity contribution >= 4 is 12.4 Å². The molecule has 2 aromatic rings. The fourth-order valence-corrected chi connectivity index (χ4v) is 2.99. The number of imidazole rings is 1. The van der Waals surface area contributed by atoms with Gasteiger partial charge in [-0.3, -0.25) is 4.90 Å². The van der Waals surface area contributed by atoms with E-state index in [1.165, 1.54) is 25.2 Å². The molecule has 21 heavy (non-hydrogen) atoms. The molecule has 0 aliphatic carbocycles. The molecular formula is C16H23ClN4. The van der Waals surface area contributed by atoms with E-state index >= 15 is 0 Å². The summed E-state index contributed by atoms with van der Waals surface area (Å²) in [5, 5.41) is 3.28. The summed E-state index contributed by atoms with van der Waals surface area (Å²) in [5.74, 6) is 1.90. The van der Waals surface area contributed by atoms with E-state index in [4.69, 9.17) is 0 Å². The van der Waals surface area contributed by atoms with Gasteiger partial charge in [-0.1, -0.05) is 18.2 Å². The second-order valence-electron chi connectivity index (χ2n) is 5.50. The predicted molar refractivity (Wildman–Crippen MR) is 88.1 cm³/mol. The van der Waals surface area contributed by atoms with Crippen LogP contribution in [-0.4, -0.2) is 41.1 Å². The minimum atomic E-state index is 0. The highest BCUT2D eigenvalue weighted by atomic mass is 35.5. The molecule has 2 heterocycles. The van der Waals surface area contributed by atoms with Gasteiger partial charge in [0.05, 0.1) is 6.54 Å². The molecule has 114 valence electrons. The number of hydrogen-bond donors (Lipinski definition) is 1. The fourth-order valence-electron chi connectivity index (χ4n) is 2.99. The Hall–Kier alpha value is -1.36. The predicted octanol–water partition coefficient (Wildman–Crippen LogP) is 2.34. The second kappa shape index (κ2) is 7.59. The first-order valence-corrected chi connectivity index (χ1v) is 7.31. The molecule has 1 fully saturated rings. The van der Waals surface area contributed by atoms with Gasteiger partial charge in [0.2, 0.25) is 0 Å². The van der Waals surface area contributed by atoms with Gasteiger partial charge >= 0.3 is 0 Å². The molecule has 0 amide bonds. The van der Waals surface area contributed by atoms with E-state index in [-0.39, 0.29) is 12.4 Å². The van der Waals surface area contributed by atoms with Crippen molar-refractivity contribution in [3.63, 3.8) is 0 Å². The Bertz CT molecular complexity index is 540. The number of benzene rings is 1. The zero-order valence-electron chi connectivity index (χ0n) is 12.4. The standard InChI is InChI=1S/C16H22N4.ClH/c1-17-11-14-7-9-19(12-14)13-16-18-8-10-20(16)15-5-3-2-4-6-15;/h2-6,8,10,14,17H,7,9,11-13H2,1H3;1H. The first-order chi connectivity index (χ1) is 9.86. The van der Waals surface area contributed by atoms with Crippen LogP contribution in [0.15, 0.2) is 42.7 Å². The van der Waals surface area contributed by atoms with Crippen molar-refractivity contribution in [3.8, 4) is 5.69 Å². The lowest BCUT2D eigenvalue weighted by atomic mass is 10.1. The van der Waals surface area contributed by atoms with E-state index < -0.39 is 0 Å². The number of rotatable bonds is 5. The lowest BCUT2D eigenvalue weighted by Crippen LogP contribution is -2.25. The zero-order valence-corrected chi connectivity index (χ0v) is 13.2. The summed E-state index contributed by atoms with van der Waals surface area (Å²) < 4.78 is 2.19. The van der Waals surface area contributed by atoms with E-state index in [0.717, 1.165) is 24.8 Å². The highest BCUT2D eigenvalue weighted by molar-refractivity contribution is 5.85. The maximum absolute atomic E-state index is 4.53. The van der Waals surface area contributed by atoms with E-state index in [2.05, 4.69) is 44.0 Å². The molecule has 5 heteroatoms. The first kappa shape index (κ1) is 16.0. The van der Waals surface area contributed by atoms with E-state index in [1.807, 2.05) is 25.5 Å². The van der Waals surface area contributed by atoms with Gasteiger partial charge in [0.1, 0.15) is 5.82 Å². The molecule has 1 aliphatic heterocycles. The van der Waals surface area contributed by atoms with Gasteiger partial charge in [-0.05, 0) is 44.6 Å². The maximum atomic E-state index is 4.53. The molecular weight excluding hydrogens is 284 g/mol. The lowest BCUT2D eigenvalue weighted by Gasteiger charge is -2.16. The van der Waals surface area contributed by atoms with Crippen LogP contribution in [-0.2, 0) is 6.54 Å². The van der Waals surface area contributed by atoms with Gasteiger partial charge in [0.25, 0.3) is 0 Å². The summed E-state index contributed by atoms with van der Waals surface area (Å²) >= 11 is 0. The van der Waals surface area contributed by atoms with Crippen molar-refractivity contribution in [1.29, 1.82) is 0 Å². The number of halogens is 1. The highest BCUT2D eigenvalue weighted by Gasteiger charge is 2.22. The smallest absolute Gasteiger partial charge is 0.127 e. The molecule has 0 radical (unpaired) electrons. The van der Waals surface area contributed by atoms with Crippen molar-refractivity contribution in [1.82, 2.24) is 19.8 Å². The number of likely N-dealkylation sites (tertiary alicyclic amines) is 1. The summed E-state index contributed by atoms with van der Waals surface area (Å²) in [6, 6.07) is 10.4. The molecule has 4 nitrogen and oxygen atoms in total. The van der Waals surface area contributed by atoms with E-state index in [0.29, 0.717) is 0 Å². The van der Waals surface area contributed by atoms with Crippen LogP contribution in [0.4, 0.5) is 0 Å². The third kappa shape index (κ3) is 3.84. The van der Waals surface area contributed by atoms with Gasteiger partial charge in [-0.2, -0.15) is 0 Å². The quantitative estimate of drug-likeness (QED) is 0.920. The Morgan fingerprint density at radius 1 is 1.29 bits per heavy atom. The Morgan fingerprint density at radius 3 is 2.86 bits per heavy atom. The topological polar surface area (TPSA) is 33.1 Å². The lowest BCUT2D eigenvalue weighted by molar-refractivity contribution is 0.306. The molecule has 1 aromatic heterocycles. The third-order valence-corrected chi connectivity index (χ3v) is 3.98. The van der Waals surface area contributed by atoms with Crippen molar-refractivity contribution in [2.75, 3.05) is 26.7 Å². The van der Waals surface area contributed by atoms with Gasteiger partial charge in [-0.25, -0.2) is 4.98 Å². The molecule has 3 rings (SSSR count). The summed E-state index contributed by atoms with van der Waals surface area (Å²) in [5.41, 5.74) is 1.19. The first-order valence-electron chi connectivity index (χ1n) is 7.31. The normalized spacial score (nSPS) is 18.6. The minimum Gasteiger partial charge on any atom is -0.319 e. The monoisotopic (exact) mass is 306 g/mol. The van der Waals surface area contributed by atoms with Crippen LogP contribution in [0.3, 0.4) is 0 Å². The Labute approximate surface area is 132 Å². The largest absolute Gasteiger partial charge is 0.319 e. The molecule has 0 bridgehead atoms. The Kier molecular flexibility index (Phi) is 5.79. The summed E-state index contributed by atoms with van der Waals surface area (Å²) in [4.78, 5) is 7.04. The third-order valence-electron chi connectivity index (χ3n) is 3.98. The van der Waals surface area contributed by atoms with Gasteiger partial charge < -0.3 is 9.88 Å². The van der Waals surface area contributed by atoms with Crippen LogP contribution >= 0.6 is 12.4 Å². The summed E-state index contributed by atoms with van der Waals surface area (Å²) in [6.07, 6.45) is 5.22. The summed E-state index contributed by atoms with van der Waals surface area (Å²) in [7, 11) is 2.03. The Balaban J connectivity index is 0.00000161. The van der Waals surface area contributed by atoms with Crippen LogP contribution in [0.5, 0.6) is 0 Å². The van der Waals surface area contributed by atoms with Gasteiger partial charge in [-0.15, -0.1) is 12.4 Å². The van der Waals surface area contributed by atoms with E-state index in [9.17, 15) is 0 Å². The molecule has 1 atom stereocenters.